The Kier molecular flexibility index (Phi) is 4.62. The average molecular weight is 362 g/mol. The molecule has 1 atom stereocenters. The number of hydrogen-bond acceptors (Lipinski definition) is 3. The van der Waals surface area contributed by atoms with Gasteiger partial charge >= 0.3 is 0 Å². The molecule has 7 heteroatoms. The maximum absolute atomic E-state index is 13.4. The summed E-state index contributed by atoms with van der Waals surface area (Å²) in [6.45, 7) is 1.72. The van der Waals surface area contributed by atoms with Crippen LogP contribution in [0.1, 0.15) is 12.7 Å². The molecule has 20 heavy (non-hydrogen) atoms. The van der Waals surface area contributed by atoms with E-state index in [0.29, 0.717) is 12.2 Å². The smallest absolute Gasteiger partial charge is 0.240 e. The van der Waals surface area contributed by atoms with Gasteiger partial charge in [-0.15, -0.1) is 0 Å². The fraction of sp³-hybridized carbons (Fsp3) is 0.231. The van der Waals surface area contributed by atoms with Gasteiger partial charge in [-0.2, -0.15) is 0 Å². The zero-order valence-electron chi connectivity index (χ0n) is 10.6. The van der Waals surface area contributed by atoms with Crippen LogP contribution in [0.3, 0.4) is 0 Å². The Bertz CT molecular complexity index is 686. The van der Waals surface area contributed by atoms with Crippen molar-refractivity contribution in [1.29, 1.82) is 0 Å². The molecule has 1 aromatic heterocycles. The van der Waals surface area contributed by atoms with Crippen LogP contribution in [-0.2, 0) is 16.4 Å². The van der Waals surface area contributed by atoms with E-state index in [0.717, 1.165) is 6.07 Å². The molecule has 0 aliphatic heterocycles. The van der Waals surface area contributed by atoms with Crippen LogP contribution in [0.15, 0.2) is 50.4 Å². The number of halogens is 2. The first-order valence-electron chi connectivity index (χ1n) is 5.88. The van der Waals surface area contributed by atoms with Gasteiger partial charge < -0.3 is 4.42 Å². The largest absolute Gasteiger partial charge is 0.469 e. The summed E-state index contributed by atoms with van der Waals surface area (Å²) in [5.74, 6) is 0.0637. The summed E-state index contributed by atoms with van der Waals surface area (Å²) >= 11 is 2.98. The van der Waals surface area contributed by atoms with Gasteiger partial charge in [0.1, 0.15) is 11.6 Å². The number of benzene rings is 1. The molecular formula is C13H13BrFNO3S. The Labute approximate surface area is 125 Å². The Hall–Kier alpha value is -1.18. The molecular weight excluding hydrogens is 349 g/mol. The minimum atomic E-state index is -3.75. The predicted octanol–water partition coefficient (Wildman–Crippen LogP) is 3.09. The zero-order chi connectivity index (χ0) is 14.8. The highest BCUT2D eigenvalue weighted by Gasteiger charge is 2.19. The third-order valence-corrected chi connectivity index (χ3v) is 4.88. The minimum absolute atomic E-state index is 0.107. The van der Waals surface area contributed by atoms with E-state index in [2.05, 4.69) is 20.7 Å². The summed E-state index contributed by atoms with van der Waals surface area (Å²) < 4.78 is 45.5. The molecule has 0 saturated carbocycles. The van der Waals surface area contributed by atoms with Crippen molar-refractivity contribution < 1.29 is 17.2 Å². The zero-order valence-corrected chi connectivity index (χ0v) is 13.0. The maximum Gasteiger partial charge on any atom is 0.240 e. The van der Waals surface area contributed by atoms with E-state index in [4.69, 9.17) is 4.42 Å². The molecule has 0 saturated heterocycles. The van der Waals surface area contributed by atoms with Crippen LogP contribution in [0.2, 0.25) is 0 Å². The molecule has 0 aliphatic rings. The maximum atomic E-state index is 13.4. The third kappa shape index (κ3) is 3.68. The lowest BCUT2D eigenvalue weighted by atomic mass is 10.2. The van der Waals surface area contributed by atoms with Crippen molar-refractivity contribution in [3.63, 3.8) is 0 Å². The summed E-state index contributed by atoms with van der Waals surface area (Å²) in [6.07, 6.45) is 1.95. The van der Waals surface area contributed by atoms with Gasteiger partial charge in [-0.25, -0.2) is 17.5 Å². The summed E-state index contributed by atoms with van der Waals surface area (Å²) in [6, 6.07) is 6.82. The Balaban J connectivity index is 2.12. The van der Waals surface area contributed by atoms with Gasteiger partial charge in [0, 0.05) is 12.5 Å². The normalized spacial score (nSPS) is 13.3. The lowest BCUT2D eigenvalue weighted by Crippen LogP contribution is -2.34. The van der Waals surface area contributed by atoms with E-state index in [-0.39, 0.29) is 15.4 Å². The van der Waals surface area contributed by atoms with Crippen LogP contribution >= 0.6 is 15.9 Å². The summed E-state index contributed by atoms with van der Waals surface area (Å²) in [7, 11) is -3.75. The van der Waals surface area contributed by atoms with Crippen molar-refractivity contribution >= 4 is 26.0 Å². The Morgan fingerprint density at radius 3 is 2.75 bits per heavy atom. The van der Waals surface area contributed by atoms with Gasteiger partial charge in [0.15, 0.2) is 0 Å². The Morgan fingerprint density at radius 2 is 2.15 bits per heavy atom. The highest BCUT2D eigenvalue weighted by Crippen LogP contribution is 2.19. The highest BCUT2D eigenvalue weighted by molar-refractivity contribution is 9.10. The first kappa shape index (κ1) is 15.2. The van der Waals surface area contributed by atoms with Crippen molar-refractivity contribution in [2.24, 2.45) is 0 Å². The number of sulfonamides is 1. The van der Waals surface area contributed by atoms with Crippen LogP contribution in [0.25, 0.3) is 0 Å². The summed E-state index contributed by atoms with van der Waals surface area (Å²) in [5, 5.41) is 0. The minimum Gasteiger partial charge on any atom is -0.469 e. The molecule has 0 fully saturated rings. The second-order valence-electron chi connectivity index (χ2n) is 4.38. The highest BCUT2D eigenvalue weighted by atomic mass is 79.9. The second kappa shape index (κ2) is 6.07. The monoisotopic (exact) mass is 361 g/mol. The average Bonchev–Trinajstić information content (AvgIpc) is 2.84. The topological polar surface area (TPSA) is 59.3 Å². The molecule has 0 radical (unpaired) electrons. The van der Waals surface area contributed by atoms with Gasteiger partial charge in [0.25, 0.3) is 0 Å². The molecule has 1 aromatic carbocycles. The van der Waals surface area contributed by atoms with Gasteiger partial charge in [-0.1, -0.05) is 0 Å². The molecule has 108 valence electrons. The van der Waals surface area contributed by atoms with Crippen molar-refractivity contribution in [2.45, 2.75) is 24.3 Å². The fourth-order valence-corrected chi connectivity index (χ4v) is 3.25. The molecule has 1 heterocycles. The molecule has 0 amide bonds. The third-order valence-electron chi connectivity index (χ3n) is 2.65. The number of furan rings is 1. The van der Waals surface area contributed by atoms with Gasteiger partial charge in [-0.3, -0.25) is 0 Å². The van der Waals surface area contributed by atoms with Crippen LogP contribution in [0.4, 0.5) is 4.39 Å². The molecule has 4 nitrogen and oxygen atoms in total. The SMILES string of the molecule is CC(Cc1ccco1)NS(=O)(=O)c1ccc(Br)c(F)c1. The van der Waals surface area contributed by atoms with Gasteiger partial charge in [0.05, 0.1) is 15.6 Å². The van der Waals surface area contributed by atoms with Crippen LogP contribution < -0.4 is 4.72 Å². The predicted molar refractivity (Wildman–Crippen MR) is 76.3 cm³/mol. The van der Waals surface area contributed by atoms with E-state index in [1.54, 1.807) is 19.1 Å². The standard InChI is InChI=1S/C13H13BrFNO3S/c1-9(7-10-3-2-6-19-10)16-20(17,18)11-4-5-12(14)13(15)8-11/h2-6,8-9,16H,7H2,1H3. The number of hydrogen-bond donors (Lipinski definition) is 1. The summed E-state index contributed by atoms with van der Waals surface area (Å²) in [5.41, 5.74) is 0. The fourth-order valence-electron chi connectivity index (χ4n) is 1.75. The molecule has 1 N–H and O–H groups in total. The summed E-state index contributed by atoms with van der Waals surface area (Å²) in [4.78, 5) is -0.107. The van der Waals surface area contributed by atoms with E-state index < -0.39 is 15.8 Å². The van der Waals surface area contributed by atoms with Crippen molar-refractivity contribution in [3.8, 4) is 0 Å². The van der Waals surface area contributed by atoms with E-state index >= 15 is 0 Å². The molecule has 0 aliphatic carbocycles. The van der Waals surface area contributed by atoms with Crippen LogP contribution in [-0.4, -0.2) is 14.5 Å². The van der Waals surface area contributed by atoms with Crippen LogP contribution in [0.5, 0.6) is 0 Å². The van der Waals surface area contributed by atoms with Gasteiger partial charge in [0.2, 0.25) is 10.0 Å². The first-order valence-corrected chi connectivity index (χ1v) is 8.16. The van der Waals surface area contributed by atoms with Crippen molar-refractivity contribution in [1.82, 2.24) is 4.72 Å². The van der Waals surface area contributed by atoms with Crippen molar-refractivity contribution in [2.75, 3.05) is 0 Å². The molecule has 1 unspecified atom stereocenters. The molecule has 2 aromatic rings. The second-order valence-corrected chi connectivity index (χ2v) is 6.95. The first-order chi connectivity index (χ1) is 9.38. The number of rotatable bonds is 5. The quantitative estimate of drug-likeness (QED) is 0.889. The van der Waals surface area contributed by atoms with Crippen molar-refractivity contribution in [3.05, 3.63) is 52.6 Å². The lowest BCUT2D eigenvalue weighted by Gasteiger charge is -2.13. The number of nitrogens with one attached hydrogen (secondary N) is 1. The van der Waals surface area contributed by atoms with E-state index in [9.17, 15) is 12.8 Å². The van der Waals surface area contributed by atoms with E-state index in [1.165, 1.54) is 18.4 Å². The molecule has 0 bridgehead atoms. The van der Waals surface area contributed by atoms with E-state index in [1.807, 2.05) is 0 Å². The Morgan fingerprint density at radius 1 is 1.40 bits per heavy atom. The van der Waals surface area contributed by atoms with Gasteiger partial charge in [-0.05, 0) is 53.2 Å². The molecule has 2 rings (SSSR count). The lowest BCUT2D eigenvalue weighted by molar-refractivity contribution is 0.479. The van der Waals surface area contributed by atoms with Crippen LogP contribution in [0, 0.1) is 5.82 Å². The molecule has 0 spiro atoms.